The molecule has 0 radical (unpaired) electrons. The van der Waals surface area contributed by atoms with Gasteiger partial charge in [-0.3, -0.25) is 0 Å². The number of para-hydroxylation sites is 1. The van der Waals surface area contributed by atoms with Crippen molar-refractivity contribution < 1.29 is 19.1 Å². The molecule has 1 N–H and O–H groups in total. The van der Waals surface area contributed by atoms with Crippen molar-refractivity contribution in [2.24, 2.45) is 0 Å². The maximum absolute atomic E-state index is 10.8. The fourth-order valence-corrected chi connectivity index (χ4v) is 1.65. The van der Waals surface area contributed by atoms with Crippen LogP contribution in [0.25, 0.3) is 0 Å². The summed E-state index contributed by atoms with van der Waals surface area (Å²) in [6.07, 6.45) is 1.09. The van der Waals surface area contributed by atoms with Gasteiger partial charge in [0.05, 0.1) is 4.47 Å². The zero-order valence-corrected chi connectivity index (χ0v) is 10.2. The van der Waals surface area contributed by atoms with E-state index < -0.39 is 5.97 Å². The van der Waals surface area contributed by atoms with Gasteiger partial charge in [0.1, 0.15) is 12.4 Å². The predicted octanol–water partition coefficient (Wildman–Crippen LogP) is 2.71. The first-order chi connectivity index (χ1) is 8.18. The Morgan fingerprint density at radius 3 is 2.94 bits per heavy atom. The summed E-state index contributed by atoms with van der Waals surface area (Å²) in [6, 6.07) is 7.27. The van der Waals surface area contributed by atoms with Crippen molar-refractivity contribution in [3.8, 4) is 5.75 Å². The summed E-state index contributed by atoms with van der Waals surface area (Å²) in [5.74, 6) is -0.335. The second-order valence-corrected chi connectivity index (χ2v) is 4.00. The highest BCUT2D eigenvalue weighted by atomic mass is 79.9. The quantitative estimate of drug-likeness (QED) is 0.939. The molecule has 1 aromatic heterocycles. The molecule has 0 atom stereocenters. The van der Waals surface area contributed by atoms with E-state index >= 15 is 0 Å². The Labute approximate surface area is 105 Å². The van der Waals surface area contributed by atoms with E-state index in [1.807, 2.05) is 18.2 Å². The maximum atomic E-state index is 10.8. The lowest BCUT2D eigenvalue weighted by atomic mass is 10.3. The largest absolute Gasteiger partial charge is 0.484 e. The normalized spacial score (nSPS) is 10.2. The number of hydrogen-bond donors (Lipinski definition) is 1. The number of ether oxygens (including phenoxy) is 1. The molecule has 5 nitrogen and oxygen atoms in total. The summed E-state index contributed by atoms with van der Waals surface area (Å²) >= 11 is 3.32. The first kappa shape index (κ1) is 11.7. The van der Waals surface area contributed by atoms with Crippen molar-refractivity contribution in [1.29, 1.82) is 0 Å². The second-order valence-electron chi connectivity index (χ2n) is 3.15. The third-order valence-electron chi connectivity index (χ3n) is 2.04. The summed E-state index contributed by atoms with van der Waals surface area (Å²) in [5.41, 5.74) is -0.128. The van der Waals surface area contributed by atoms with E-state index in [-0.39, 0.29) is 18.1 Å². The van der Waals surface area contributed by atoms with Gasteiger partial charge in [0.25, 0.3) is 0 Å². The highest BCUT2D eigenvalue weighted by Gasteiger charge is 2.16. The zero-order valence-electron chi connectivity index (χ0n) is 8.59. The number of aromatic carboxylic acids is 1. The van der Waals surface area contributed by atoms with Gasteiger partial charge in [0.15, 0.2) is 17.8 Å². The number of hydrogen-bond acceptors (Lipinski definition) is 4. The van der Waals surface area contributed by atoms with Crippen LogP contribution in [0.4, 0.5) is 0 Å². The van der Waals surface area contributed by atoms with Crippen LogP contribution >= 0.6 is 15.9 Å². The van der Waals surface area contributed by atoms with Gasteiger partial charge in [-0.05, 0) is 28.1 Å². The first-order valence-electron chi connectivity index (χ1n) is 4.71. The number of carboxylic acid groups (broad SMARTS) is 1. The van der Waals surface area contributed by atoms with E-state index in [9.17, 15) is 4.79 Å². The van der Waals surface area contributed by atoms with E-state index in [4.69, 9.17) is 14.3 Å². The molecule has 1 aromatic carbocycles. The van der Waals surface area contributed by atoms with Gasteiger partial charge < -0.3 is 14.3 Å². The highest BCUT2D eigenvalue weighted by molar-refractivity contribution is 9.10. The molecule has 0 aliphatic rings. The van der Waals surface area contributed by atoms with Crippen LogP contribution in [0.5, 0.6) is 5.75 Å². The molecule has 0 unspecified atom stereocenters. The van der Waals surface area contributed by atoms with Crippen molar-refractivity contribution in [3.05, 3.63) is 46.6 Å². The molecule has 0 fully saturated rings. The smallest absolute Gasteiger partial charge is 0.358 e. The molecule has 6 heteroatoms. The van der Waals surface area contributed by atoms with Gasteiger partial charge in [0, 0.05) is 0 Å². The lowest BCUT2D eigenvalue weighted by Gasteiger charge is -2.05. The minimum absolute atomic E-state index is 0.0181. The Morgan fingerprint density at radius 2 is 2.24 bits per heavy atom. The fourth-order valence-electron chi connectivity index (χ4n) is 1.25. The van der Waals surface area contributed by atoms with Crippen molar-refractivity contribution >= 4 is 21.9 Å². The van der Waals surface area contributed by atoms with Crippen LogP contribution in [0.2, 0.25) is 0 Å². The lowest BCUT2D eigenvalue weighted by molar-refractivity contribution is 0.0686. The topological polar surface area (TPSA) is 72.6 Å². The van der Waals surface area contributed by atoms with Gasteiger partial charge in [-0.2, -0.15) is 0 Å². The zero-order chi connectivity index (χ0) is 12.3. The SMILES string of the molecule is O=C(O)c1ncoc1COc1ccccc1Br. The molecule has 88 valence electrons. The molecule has 0 bridgehead atoms. The maximum Gasteiger partial charge on any atom is 0.358 e. The summed E-state index contributed by atoms with van der Waals surface area (Å²) in [7, 11) is 0. The average molecular weight is 298 g/mol. The summed E-state index contributed by atoms with van der Waals surface area (Å²) in [4.78, 5) is 14.4. The standard InChI is InChI=1S/C11H8BrNO4/c12-7-3-1-2-4-8(7)16-5-9-10(11(14)15)13-6-17-9/h1-4,6H,5H2,(H,14,15). The number of nitrogens with zero attached hydrogens (tertiary/aromatic N) is 1. The first-order valence-corrected chi connectivity index (χ1v) is 5.51. The van der Waals surface area contributed by atoms with Crippen molar-refractivity contribution in [2.45, 2.75) is 6.61 Å². The predicted molar refractivity (Wildman–Crippen MR) is 61.9 cm³/mol. The number of carboxylic acids is 1. The number of aromatic nitrogens is 1. The molecule has 17 heavy (non-hydrogen) atoms. The van der Waals surface area contributed by atoms with Crippen LogP contribution in [0, 0.1) is 0 Å². The van der Waals surface area contributed by atoms with E-state index in [2.05, 4.69) is 20.9 Å². The van der Waals surface area contributed by atoms with E-state index in [0.29, 0.717) is 5.75 Å². The Bertz CT molecular complexity index is 538. The fraction of sp³-hybridized carbons (Fsp3) is 0.0909. The minimum Gasteiger partial charge on any atom is -0.484 e. The molecular formula is C11H8BrNO4. The molecule has 0 aliphatic carbocycles. The Hall–Kier alpha value is -1.82. The molecule has 0 spiro atoms. The Balaban J connectivity index is 2.10. The van der Waals surface area contributed by atoms with Gasteiger partial charge in [0.2, 0.25) is 0 Å². The molecule has 0 saturated carbocycles. The van der Waals surface area contributed by atoms with E-state index in [0.717, 1.165) is 10.9 Å². The minimum atomic E-state index is -1.13. The molecule has 1 heterocycles. The monoisotopic (exact) mass is 297 g/mol. The molecule has 2 aromatic rings. The third-order valence-corrected chi connectivity index (χ3v) is 2.69. The van der Waals surface area contributed by atoms with Crippen LogP contribution < -0.4 is 4.74 Å². The molecular weight excluding hydrogens is 290 g/mol. The number of benzene rings is 1. The van der Waals surface area contributed by atoms with Gasteiger partial charge >= 0.3 is 5.97 Å². The van der Waals surface area contributed by atoms with E-state index in [1.54, 1.807) is 6.07 Å². The third kappa shape index (κ3) is 2.65. The summed E-state index contributed by atoms with van der Waals surface area (Å²) in [6.45, 7) is 0.0181. The van der Waals surface area contributed by atoms with Gasteiger partial charge in [-0.15, -0.1) is 0 Å². The molecule has 2 rings (SSSR count). The lowest BCUT2D eigenvalue weighted by Crippen LogP contribution is -2.04. The summed E-state index contributed by atoms with van der Waals surface area (Å²) < 4.78 is 11.2. The number of oxazole rings is 1. The Morgan fingerprint density at radius 1 is 1.47 bits per heavy atom. The van der Waals surface area contributed by atoms with Crippen LogP contribution in [0.3, 0.4) is 0 Å². The molecule has 0 amide bonds. The Kier molecular flexibility index (Phi) is 3.43. The van der Waals surface area contributed by atoms with Gasteiger partial charge in [-0.1, -0.05) is 12.1 Å². The van der Waals surface area contributed by atoms with Crippen molar-refractivity contribution in [2.75, 3.05) is 0 Å². The van der Waals surface area contributed by atoms with Crippen molar-refractivity contribution in [3.63, 3.8) is 0 Å². The van der Waals surface area contributed by atoms with Crippen LogP contribution in [-0.4, -0.2) is 16.1 Å². The van der Waals surface area contributed by atoms with Crippen LogP contribution in [0.1, 0.15) is 16.2 Å². The van der Waals surface area contributed by atoms with E-state index in [1.165, 1.54) is 0 Å². The summed E-state index contributed by atoms with van der Waals surface area (Å²) in [5, 5.41) is 8.82. The second kappa shape index (κ2) is 5.01. The number of rotatable bonds is 4. The molecule has 0 aliphatic heterocycles. The number of halogens is 1. The van der Waals surface area contributed by atoms with Crippen LogP contribution in [-0.2, 0) is 6.61 Å². The van der Waals surface area contributed by atoms with Gasteiger partial charge in [-0.25, -0.2) is 9.78 Å². The van der Waals surface area contributed by atoms with Crippen LogP contribution in [0.15, 0.2) is 39.5 Å². The van der Waals surface area contributed by atoms with Crippen molar-refractivity contribution in [1.82, 2.24) is 4.98 Å². The average Bonchev–Trinajstić information content (AvgIpc) is 2.76. The molecule has 0 saturated heterocycles. The number of carbonyl (C=O) groups is 1. The highest BCUT2D eigenvalue weighted by Crippen LogP contribution is 2.25.